The topological polar surface area (TPSA) is 76.1 Å². The van der Waals surface area contributed by atoms with Crippen molar-refractivity contribution in [3.63, 3.8) is 0 Å². The molecule has 6 nitrogen and oxygen atoms in total. The fourth-order valence-corrected chi connectivity index (χ4v) is 3.20. The van der Waals surface area contributed by atoms with Crippen LogP contribution in [0.25, 0.3) is 0 Å². The average Bonchev–Trinajstić information content (AvgIpc) is 2.73. The Labute approximate surface area is 138 Å². The molecule has 0 aliphatic carbocycles. The molecule has 0 radical (unpaired) electrons. The van der Waals surface area contributed by atoms with E-state index in [-0.39, 0.29) is 11.7 Å². The molecule has 1 N–H and O–H groups in total. The summed E-state index contributed by atoms with van der Waals surface area (Å²) < 4.78 is 44.4. The van der Waals surface area contributed by atoms with Crippen LogP contribution in [-0.4, -0.2) is 37.2 Å². The highest BCUT2D eigenvalue weighted by Crippen LogP contribution is 2.44. The van der Waals surface area contributed by atoms with E-state index in [1.165, 1.54) is 7.05 Å². The van der Waals surface area contributed by atoms with Gasteiger partial charge in [-0.05, 0) is 44.9 Å². The van der Waals surface area contributed by atoms with Crippen LogP contribution in [0.5, 0.6) is 5.75 Å². The molecule has 1 aromatic carbocycles. The standard InChI is InChI=1S/C16H25NO5S/c1-6-9-21-15-16(3,4)13-10-12(7-8-14(13)22-15)11(2)17(5)23(18,19)20/h7-8,10-11,15H,6,9H2,1-5H3,(H,18,19,20). The minimum Gasteiger partial charge on any atom is -0.464 e. The van der Waals surface area contributed by atoms with E-state index in [1.807, 2.05) is 39.0 Å². The first-order chi connectivity index (χ1) is 10.6. The van der Waals surface area contributed by atoms with Crippen molar-refractivity contribution in [2.45, 2.75) is 51.9 Å². The van der Waals surface area contributed by atoms with Gasteiger partial charge >= 0.3 is 10.3 Å². The highest BCUT2D eigenvalue weighted by molar-refractivity contribution is 7.83. The molecule has 1 aromatic rings. The summed E-state index contributed by atoms with van der Waals surface area (Å²) >= 11 is 0. The Morgan fingerprint density at radius 2 is 2.09 bits per heavy atom. The van der Waals surface area contributed by atoms with Crippen molar-refractivity contribution < 1.29 is 22.4 Å². The van der Waals surface area contributed by atoms with E-state index < -0.39 is 16.3 Å². The summed E-state index contributed by atoms with van der Waals surface area (Å²) in [7, 11) is -2.89. The fourth-order valence-electron chi connectivity index (χ4n) is 2.68. The molecule has 0 amide bonds. The molecule has 2 atom stereocenters. The molecule has 0 saturated carbocycles. The average molecular weight is 343 g/mol. The first-order valence-corrected chi connectivity index (χ1v) is 9.11. The van der Waals surface area contributed by atoms with Gasteiger partial charge in [-0.2, -0.15) is 12.7 Å². The predicted octanol–water partition coefficient (Wildman–Crippen LogP) is 2.90. The molecule has 0 spiro atoms. The zero-order valence-corrected chi connectivity index (χ0v) is 15.1. The number of hydrogen-bond acceptors (Lipinski definition) is 4. The SMILES string of the molecule is CCCOC1Oc2ccc(C(C)N(C)S(=O)(=O)O)cc2C1(C)C. The lowest BCUT2D eigenvalue weighted by Crippen LogP contribution is -2.35. The zero-order valence-electron chi connectivity index (χ0n) is 14.2. The largest absolute Gasteiger partial charge is 0.464 e. The number of nitrogens with zero attached hydrogens (tertiary/aromatic N) is 1. The molecule has 0 saturated heterocycles. The first kappa shape index (κ1) is 18.2. The summed E-state index contributed by atoms with van der Waals surface area (Å²) in [6.45, 7) is 8.47. The number of fused-ring (bicyclic) bond motifs is 1. The molecule has 0 aromatic heterocycles. The molecule has 23 heavy (non-hydrogen) atoms. The van der Waals surface area contributed by atoms with Crippen LogP contribution in [0.15, 0.2) is 18.2 Å². The summed E-state index contributed by atoms with van der Waals surface area (Å²) in [4.78, 5) is 0. The van der Waals surface area contributed by atoms with Gasteiger partial charge in [-0.25, -0.2) is 0 Å². The second kappa shape index (κ2) is 6.39. The van der Waals surface area contributed by atoms with Crippen molar-refractivity contribution in [1.82, 2.24) is 4.31 Å². The number of benzene rings is 1. The van der Waals surface area contributed by atoms with Crippen LogP contribution in [0.2, 0.25) is 0 Å². The summed E-state index contributed by atoms with van der Waals surface area (Å²) in [6, 6.07) is 5.08. The maximum absolute atomic E-state index is 11.3. The summed E-state index contributed by atoms with van der Waals surface area (Å²) in [6.07, 6.45) is 0.551. The molecule has 130 valence electrons. The third kappa shape index (κ3) is 3.52. The quantitative estimate of drug-likeness (QED) is 0.804. The van der Waals surface area contributed by atoms with Crippen molar-refractivity contribution in [2.75, 3.05) is 13.7 Å². The molecule has 1 heterocycles. The normalized spacial score (nSPS) is 21.1. The maximum Gasteiger partial charge on any atom is 0.336 e. The van der Waals surface area contributed by atoms with E-state index in [9.17, 15) is 13.0 Å². The lowest BCUT2D eigenvalue weighted by atomic mass is 9.84. The van der Waals surface area contributed by atoms with E-state index in [0.717, 1.165) is 27.6 Å². The molecule has 1 aliphatic rings. The van der Waals surface area contributed by atoms with E-state index in [4.69, 9.17) is 9.47 Å². The number of ether oxygens (including phenoxy) is 2. The highest BCUT2D eigenvalue weighted by Gasteiger charge is 2.42. The predicted molar refractivity (Wildman–Crippen MR) is 87.9 cm³/mol. The number of rotatable bonds is 6. The van der Waals surface area contributed by atoms with Gasteiger partial charge in [-0.3, -0.25) is 4.55 Å². The van der Waals surface area contributed by atoms with Gasteiger partial charge < -0.3 is 9.47 Å². The van der Waals surface area contributed by atoms with Gasteiger partial charge in [-0.15, -0.1) is 0 Å². The zero-order chi connectivity index (χ0) is 17.4. The maximum atomic E-state index is 11.3. The molecule has 0 bridgehead atoms. The molecule has 2 unspecified atom stereocenters. The minimum atomic E-state index is -4.24. The van der Waals surface area contributed by atoms with Crippen LogP contribution < -0.4 is 4.74 Å². The van der Waals surface area contributed by atoms with Crippen LogP contribution in [0.3, 0.4) is 0 Å². The Morgan fingerprint density at radius 1 is 1.43 bits per heavy atom. The van der Waals surface area contributed by atoms with E-state index in [2.05, 4.69) is 0 Å². The van der Waals surface area contributed by atoms with E-state index in [0.29, 0.717) is 6.61 Å². The minimum absolute atomic E-state index is 0.336. The van der Waals surface area contributed by atoms with Crippen LogP contribution in [0, 0.1) is 0 Å². The van der Waals surface area contributed by atoms with Gasteiger partial charge in [0, 0.05) is 18.7 Å². The Bertz CT molecular complexity index is 671. The first-order valence-electron chi connectivity index (χ1n) is 7.72. The van der Waals surface area contributed by atoms with Crippen LogP contribution in [0.1, 0.15) is 51.3 Å². The van der Waals surface area contributed by atoms with Gasteiger partial charge in [0.1, 0.15) is 5.75 Å². The van der Waals surface area contributed by atoms with Crippen LogP contribution >= 0.6 is 0 Å². The second-order valence-corrected chi connectivity index (χ2v) is 7.94. The molecule has 2 rings (SSSR count). The van der Waals surface area contributed by atoms with Crippen LogP contribution in [-0.2, 0) is 20.5 Å². The van der Waals surface area contributed by atoms with Crippen molar-refractivity contribution >= 4 is 10.3 Å². The highest BCUT2D eigenvalue weighted by atomic mass is 32.2. The van der Waals surface area contributed by atoms with E-state index >= 15 is 0 Å². The van der Waals surface area contributed by atoms with E-state index in [1.54, 1.807) is 6.92 Å². The third-order valence-electron chi connectivity index (χ3n) is 4.39. The second-order valence-electron chi connectivity index (χ2n) is 6.47. The smallest absolute Gasteiger partial charge is 0.336 e. The van der Waals surface area contributed by atoms with Gasteiger partial charge in [0.25, 0.3) is 0 Å². The fraction of sp³-hybridized carbons (Fsp3) is 0.625. The van der Waals surface area contributed by atoms with Gasteiger partial charge in [0.2, 0.25) is 6.29 Å². The molecule has 0 fully saturated rings. The Kier molecular flexibility index (Phi) is 5.06. The molecule has 1 aliphatic heterocycles. The molecule has 7 heteroatoms. The van der Waals surface area contributed by atoms with Crippen molar-refractivity contribution in [3.8, 4) is 5.75 Å². The third-order valence-corrected chi connectivity index (χ3v) is 5.43. The number of hydrogen-bond donors (Lipinski definition) is 1. The Hall–Kier alpha value is -1.15. The summed E-state index contributed by atoms with van der Waals surface area (Å²) in [5.41, 5.74) is 1.43. The van der Waals surface area contributed by atoms with Gasteiger partial charge in [-0.1, -0.05) is 13.0 Å². The van der Waals surface area contributed by atoms with Crippen molar-refractivity contribution in [2.24, 2.45) is 0 Å². The summed E-state index contributed by atoms with van der Waals surface area (Å²) in [5.74, 6) is 0.751. The van der Waals surface area contributed by atoms with Crippen LogP contribution in [0.4, 0.5) is 0 Å². The Balaban J connectivity index is 2.31. The van der Waals surface area contributed by atoms with Crippen molar-refractivity contribution in [3.05, 3.63) is 29.3 Å². The van der Waals surface area contributed by atoms with Gasteiger partial charge in [0.15, 0.2) is 0 Å². The summed E-state index contributed by atoms with van der Waals surface area (Å²) in [5, 5.41) is 0. The molecular formula is C16H25NO5S. The Morgan fingerprint density at radius 3 is 2.65 bits per heavy atom. The lowest BCUT2D eigenvalue weighted by molar-refractivity contribution is -0.102. The van der Waals surface area contributed by atoms with Crippen molar-refractivity contribution in [1.29, 1.82) is 0 Å². The van der Waals surface area contributed by atoms with Gasteiger partial charge in [0.05, 0.1) is 12.0 Å². The lowest BCUT2D eigenvalue weighted by Gasteiger charge is -2.26. The monoisotopic (exact) mass is 343 g/mol. The molecular weight excluding hydrogens is 318 g/mol.